The van der Waals surface area contributed by atoms with Crippen molar-refractivity contribution in [1.82, 2.24) is 15.2 Å². The molecule has 0 unspecified atom stereocenters. The minimum absolute atomic E-state index is 0.0505. The second-order valence-electron chi connectivity index (χ2n) is 3.15. The standard InChI is InChI=1S/C9H9N3O2S/c1-12(2)9(13)15-7-5-3-4-6-8(7)11-14-10-6/h3-5H,1-2H3. The Morgan fingerprint density at radius 3 is 2.93 bits per heavy atom. The van der Waals surface area contributed by atoms with Crippen molar-refractivity contribution < 1.29 is 9.42 Å². The molecule has 2 rings (SSSR count). The molecule has 0 aliphatic rings. The molecule has 0 radical (unpaired) electrons. The van der Waals surface area contributed by atoms with Crippen LogP contribution in [0.25, 0.3) is 11.0 Å². The molecule has 0 aliphatic heterocycles. The Morgan fingerprint density at radius 1 is 1.40 bits per heavy atom. The van der Waals surface area contributed by atoms with Gasteiger partial charge >= 0.3 is 0 Å². The summed E-state index contributed by atoms with van der Waals surface area (Å²) >= 11 is 1.11. The van der Waals surface area contributed by atoms with Gasteiger partial charge in [0, 0.05) is 19.0 Å². The van der Waals surface area contributed by atoms with Gasteiger partial charge < -0.3 is 4.90 Å². The van der Waals surface area contributed by atoms with Crippen LogP contribution >= 0.6 is 11.8 Å². The molecule has 0 N–H and O–H groups in total. The smallest absolute Gasteiger partial charge is 0.286 e. The molecule has 1 heterocycles. The van der Waals surface area contributed by atoms with E-state index in [0.717, 1.165) is 16.7 Å². The van der Waals surface area contributed by atoms with E-state index in [9.17, 15) is 4.79 Å². The zero-order valence-electron chi connectivity index (χ0n) is 8.30. The van der Waals surface area contributed by atoms with Crippen molar-refractivity contribution in [3.05, 3.63) is 18.2 Å². The predicted molar refractivity (Wildman–Crippen MR) is 56.7 cm³/mol. The Bertz CT molecular complexity index is 495. The van der Waals surface area contributed by atoms with Crippen LogP contribution in [0.15, 0.2) is 27.7 Å². The first-order chi connectivity index (χ1) is 7.18. The molecule has 0 spiro atoms. The van der Waals surface area contributed by atoms with Crippen LogP contribution in [-0.2, 0) is 0 Å². The summed E-state index contributed by atoms with van der Waals surface area (Å²) in [6.07, 6.45) is 0. The minimum atomic E-state index is -0.0505. The van der Waals surface area contributed by atoms with E-state index in [2.05, 4.69) is 14.9 Å². The summed E-state index contributed by atoms with van der Waals surface area (Å²) < 4.78 is 4.61. The number of hydrogen-bond donors (Lipinski definition) is 0. The summed E-state index contributed by atoms with van der Waals surface area (Å²) in [6.45, 7) is 0. The van der Waals surface area contributed by atoms with Crippen molar-refractivity contribution in [2.75, 3.05) is 14.1 Å². The van der Waals surface area contributed by atoms with Crippen molar-refractivity contribution in [2.45, 2.75) is 4.90 Å². The van der Waals surface area contributed by atoms with Crippen LogP contribution < -0.4 is 0 Å². The number of rotatable bonds is 1. The largest absolute Gasteiger partial charge is 0.339 e. The van der Waals surface area contributed by atoms with Crippen molar-refractivity contribution in [3.63, 3.8) is 0 Å². The Kier molecular flexibility index (Phi) is 2.59. The highest BCUT2D eigenvalue weighted by molar-refractivity contribution is 8.13. The molecule has 0 atom stereocenters. The van der Waals surface area contributed by atoms with Gasteiger partial charge in [0.2, 0.25) is 0 Å². The number of fused-ring (bicyclic) bond motifs is 1. The Balaban J connectivity index is 2.35. The second-order valence-corrected chi connectivity index (χ2v) is 4.14. The Hall–Kier alpha value is -1.56. The molecule has 5 nitrogen and oxygen atoms in total. The minimum Gasteiger partial charge on any atom is -0.339 e. The van der Waals surface area contributed by atoms with Gasteiger partial charge in [0.05, 0.1) is 0 Å². The molecule has 2 aromatic rings. The van der Waals surface area contributed by atoms with E-state index in [1.54, 1.807) is 20.2 Å². The summed E-state index contributed by atoms with van der Waals surface area (Å²) in [4.78, 5) is 13.8. The van der Waals surface area contributed by atoms with Crippen LogP contribution in [-0.4, -0.2) is 34.5 Å². The van der Waals surface area contributed by atoms with Gasteiger partial charge in [0.15, 0.2) is 0 Å². The molecule has 0 aliphatic carbocycles. The highest BCUT2D eigenvalue weighted by Crippen LogP contribution is 2.26. The van der Waals surface area contributed by atoms with Crippen LogP contribution in [0.5, 0.6) is 0 Å². The van der Waals surface area contributed by atoms with E-state index in [1.165, 1.54) is 4.90 Å². The normalized spacial score (nSPS) is 10.5. The van der Waals surface area contributed by atoms with Gasteiger partial charge in [-0.2, -0.15) is 0 Å². The topological polar surface area (TPSA) is 59.2 Å². The van der Waals surface area contributed by atoms with E-state index in [0.29, 0.717) is 11.0 Å². The lowest BCUT2D eigenvalue weighted by atomic mass is 10.3. The van der Waals surface area contributed by atoms with E-state index in [4.69, 9.17) is 0 Å². The van der Waals surface area contributed by atoms with Crippen LogP contribution in [0.3, 0.4) is 0 Å². The van der Waals surface area contributed by atoms with E-state index in [1.807, 2.05) is 12.1 Å². The van der Waals surface area contributed by atoms with Crippen LogP contribution in [0.2, 0.25) is 0 Å². The first-order valence-electron chi connectivity index (χ1n) is 4.29. The third-order valence-corrected chi connectivity index (χ3v) is 2.90. The molecule has 6 heteroatoms. The fourth-order valence-electron chi connectivity index (χ4n) is 1.05. The number of benzene rings is 1. The second kappa shape index (κ2) is 3.90. The zero-order valence-corrected chi connectivity index (χ0v) is 9.11. The van der Waals surface area contributed by atoms with Crippen molar-refractivity contribution in [3.8, 4) is 0 Å². The summed E-state index contributed by atoms with van der Waals surface area (Å²) in [7, 11) is 3.41. The quantitative estimate of drug-likeness (QED) is 0.692. The lowest BCUT2D eigenvalue weighted by Gasteiger charge is -2.08. The van der Waals surface area contributed by atoms with E-state index in [-0.39, 0.29) is 5.24 Å². The third-order valence-electron chi connectivity index (χ3n) is 1.81. The highest BCUT2D eigenvalue weighted by Gasteiger charge is 2.12. The van der Waals surface area contributed by atoms with Gasteiger partial charge in [-0.15, -0.1) is 0 Å². The molecular formula is C9H9N3O2S. The van der Waals surface area contributed by atoms with Gasteiger partial charge in [0.25, 0.3) is 5.24 Å². The highest BCUT2D eigenvalue weighted by atomic mass is 32.2. The number of carbonyl (C=O) groups is 1. The fourth-order valence-corrected chi connectivity index (χ4v) is 1.80. The predicted octanol–water partition coefficient (Wildman–Crippen LogP) is 2.00. The zero-order chi connectivity index (χ0) is 10.8. The maximum atomic E-state index is 11.5. The number of amides is 1. The lowest BCUT2D eigenvalue weighted by molar-refractivity contribution is 0.241. The average molecular weight is 223 g/mol. The third kappa shape index (κ3) is 1.94. The number of aromatic nitrogens is 2. The summed E-state index contributed by atoms with van der Waals surface area (Å²) in [5, 5.41) is 7.41. The molecule has 78 valence electrons. The number of hydrogen-bond acceptors (Lipinski definition) is 5. The molecule has 1 amide bonds. The molecule has 1 aromatic carbocycles. The van der Waals surface area contributed by atoms with Crippen molar-refractivity contribution >= 4 is 28.0 Å². The average Bonchev–Trinajstić information content (AvgIpc) is 2.66. The van der Waals surface area contributed by atoms with E-state index < -0.39 is 0 Å². The van der Waals surface area contributed by atoms with Gasteiger partial charge in [-0.1, -0.05) is 6.07 Å². The van der Waals surface area contributed by atoms with Gasteiger partial charge in [-0.05, 0) is 34.2 Å². The molecule has 15 heavy (non-hydrogen) atoms. The molecule has 0 fully saturated rings. The van der Waals surface area contributed by atoms with Gasteiger partial charge in [0.1, 0.15) is 11.0 Å². The lowest BCUT2D eigenvalue weighted by Crippen LogP contribution is -2.16. The molecule has 0 bridgehead atoms. The van der Waals surface area contributed by atoms with Crippen LogP contribution in [0.4, 0.5) is 4.79 Å². The summed E-state index contributed by atoms with van der Waals surface area (Å²) in [5.41, 5.74) is 1.28. The molecular weight excluding hydrogens is 214 g/mol. The van der Waals surface area contributed by atoms with Crippen molar-refractivity contribution in [2.24, 2.45) is 0 Å². The number of carbonyl (C=O) groups excluding carboxylic acids is 1. The van der Waals surface area contributed by atoms with Gasteiger partial charge in [-0.3, -0.25) is 4.79 Å². The molecule has 0 saturated heterocycles. The maximum Gasteiger partial charge on any atom is 0.286 e. The molecule has 1 aromatic heterocycles. The SMILES string of the molecule is CN(C)C(=O)Sc1cccc2nonc12. The van der Waals surface area contributed by atoms with Crippen molar-refractivity contribution in [1.29, 1.82) is 0 Å². The van der Waals surface area contributed by atoms with Crippen LogP contribution in [0.1, 0.15) is 0 Å². The van der Waals surface area contributed by atoms with Crippen LogP contribution in [0, 0.1) is 0 Å². The maximum absolute atomic E-state index is 11.5. The number of nitrogens with zero attached hydrogens (tertiary/aromatic N) is 3. The van der Waals surface area contributed by atoms with E-state index >= 15 is 0 Å². The first-order valence-corrected chi connectivity index (χ1v) is 5.10. The summed E-state index contributed by atoms with van der Waals surface area (Å²) in [6, 6.07) is 5.42. The monoisotopic (exact) mass is 223 g/mol. The first kappa shape index (κ1) is 9.97. The Morgan fingerprint density at radius 2 is 2.20 bits per heavy atom. The number of thioether (sulfide) groups is 1. The van der Waals surface area contributed by atoms with Gasteiger partial charge in [-0.25, -0.2) is 4.63 Å². The summed E-state index contributed by atoms with van der Waals surface area (Å²) in [5.74, 6) is 0. The Labute approximate surface area is 90.4 Å². The molecule has 0 saturated carbocycles. The fraction of sp³-hybridized carbons (Fsp3) is 0.222.